The Labute approximate surface area is 101 Å². The fraction of sp³-hybridized carbons (Fsp3) is 0.538. The average Bonchev–Trinajstić information content (AvgIpc) is 2.86. The van der Waals surface area contributed by atoms with Crippen LogP contribution in [0.5, 0.6) is 0 Å². The molecule has 0 saturated carbocycles. The molecule has 0 aliphatic carbocycles. The molecule has 86 valence electrons. The topological polar surface area (TPSA) is 23.5 Å². The van der Waals surface area contributed by atoms with Crippen molar-refractivity contribution >= 4 is 11.3 Å². The quantitative estimate of drug-likeness (QED) is 0.792. The fourth-order valence-electron chi connectivity index (χ4n) is 2.05. The monoisotopic (exact) mass is 235 g/mol. The van der Waals surface area contributed by atoms with Gasteiger partial charge in [-0.05, 0) is 31.0 Å². The van der Waals surface area contributed by atoms with Crippen molar-refractivity contribution in [1.29, 1.82) is 0 Å². The number of aliphatic hydroxyl groups is 1. The van der Waals surface area contributed by atoms with E-state index in [0.717, 1.165) is 17.3 Å². The number of hydrogen-bond donors (Lipinski definition) is 1. The molecule has 1 atom stereocenters. The highest BCUT2D eigenvalue weighted by atomic mass is 32.1. The molecule has 1 unspecified atom stereocenters. The summed E-state index contributed by atoms with van der Waals surface area (Å²) in [5.41, 5.74) is 0. The molecule has 0 aromatic carbocycles. The third-order valence-electron chi connectivity index (χ3n) is 2.84. The van der Waals surface area contributed by atoms with E-state index in [4.69, 9.17) is 5.11 Å². The zero-order valence-electron chi connectivity index (χ0n) is 9.57. The van der Waals surface area contributed by atoms with Gasteiger partial charge in [-0.25, -0.2) is 0 Å². The molecule has 0 amide bonds. The minimum atomic E-state index is -0.0587. The third kappa shape index (κ3) is 3.08. The Morgan fingerprint density at radius 1 is 1.56 bits per heavy atom. The Kier molecular flexibility index (Phi) is 4.00. The summed E-state index contributed by atoms with van der Waals surface area (Å²) in [5, 5.41) is 8.62. The number of nitrogens with zero attached hydrogens (tertiary/aromatic N) is 1. The van der Waals surface area contributed by atoms with Gasteiger partial charge in [0.05, 0.1) is 4.88 Å². The van der Waals surface area contributed by atoms with Gasteiger partial charge in [-0.3, -0.25) is 4.90 Å². The summed E-state index contributed by atoms with van der Waals surface area (Å²) in [7, 11) is 0. The first-order chi connectivity index (χ1) is 7.78. The standard InChI is InChI=1S/C13H17NOS/c1-11-6-7-14(9-11)10-13-5-4-12(16-13)3-2-8-15/h4-5,11,15H,6-10H2,1H3. The van der Waals surface area contributed by atoms with E-state index in [1.165, 1.54) is 24.4 Å². The van der Waals surface area contributed by atoms with Gasteiger partial charge in [0.1, 0.15) is 6.61 Å². The van der Waals surface area contributed by atoms with Crippen LogP contribution in [0.3, 0.4) is 0 Å². The molecule has 1 aliphatic rings. The van der Waals surface area contributed by atoms with Crippen molar-refractivity contribution in [2.24, 2.45) is 5.92 Å². The molecule has 1 aromatic heterocycles. The second-order valence-electron chi connectivity index (χ2n) is 4.35. The van der Waals surface area contributed by atoms with E-state index in [9.17, 15) is 0 Å². The third-order valence-corrected chi connectivity index (χ3v) is 3.83. The Hall–Kier alpha value is -0.820. The van der Waals surface area contributed by atoms with Gasteiger partial charge in [0, 0.05) is 18.0 Å². The van der Waals surface area contributed by atoms with Gasteiger partial charge in [-0.2, -0.15) is 0 Å². The van der Waals surface area contributed by atoms with Crippen LogP contribution in [-0.2, 0) is 6.54 Å². The Bertz CT molecular complexity index is 402. The molecule has 1 N–H and O–H groups in total. The first-order valence-electron chi connectivity index (χ1n) is 5.68. The van der Waals surface area contributed by atoms with Crippen LogP contribution in [0, 0.1) is 17.8 Å². The van der Waals surface area contributed by atoms with Crippen LogP contribution >= 0.6 is 11.3 Å². The van der Waals surface area contributed by atoms with Crippen molar-refractivity contribution in [2.75, 3.05) is 19.7 Å². The summed E-state index contributed by atoms with van der Waals surface area (Å²) in [4.78, 5) is 4.92. The molecule has 16 heavy (non-hydrogen) atoms. The average molecular weight is 235 g/mol. The molecular formula is C13H17NOS. The maximum atomic E-state index is 8.62. The molecule has 3 heteroatoms. The zero-order chi connectivity index (χ0) is 11.4. The SMILES string of the molecule is CC1CCN(Cc2ccc(C#CCO)s2)C1. The van der Waals surface area contributed by atoms with Crippen LogP contribution in [0.1, 0.15) is 23.1 Å². The molecule has 2 nitrogen and oxygen atoms in total. The molecule has 0 radical (unpaired) electrons. The molecular weight excluding hydrogens is 218 g/mol. The highest BCUT2D eigenvalue weighted by molar-refractivity contribution is 7.12. The van der Waals surface area contributed by atoms with E-state index in [1.54, 1.807) is 11.3 Å². The Balaban J connectivity index is 1.92. The van der Waals surface area contributed by atoms with E-state index in [-0.39, 0.29) is 6.61 Å². The predicted molar refractivity (Wildman–Crippen MR) is 67.3 cm³/mol. The van der Waals surface area contributed by atoms with Crippen molar-refractivity contribution in [3.63, 3.8) is 0 Å². The van der Waals surface area contributed by atoms with E-state index < -0.39 is 0 Å². The van der Waals surface area contributed by atoms with Crippen LogP contribution in [-0.4, -0.2) is 29.7 Å². The summed E-state index contributed by atoms with van der Waals surface area (Å²) in [6, 6.07) is 4.19. The van der Waals surface area contributed by atoms with Crippen LogP contribution in [0.25, 0.3) is 0 Å². The van der Waals surface area contributed by atoms with E-state index in [0.29, 0.717) is 0 Å². The van der Waals surface area contributed by atoms with Gasteiger partial charge in [-0.15, -0.1) is 11.3 Å². The molecule has 1 fully saturated rings. The minimum Gasteiger partial charge on any atom is -0.384 e. The predicted octanol–water partition coefficient (Wildman–Crippen LogP) is 1.93. The smallest absolute Gasteiger partial charge is 0.104 e. The maximum absolute atomic E-state index is 8.62. The second-order valence-corrected chi connectivity index (χ2v) is 5.52. The number of thiophene rings is 1. The Morgan fingerprint density at radius 3 is 3.12 bits per heavy atom. The fourth-order valence-corrected chi connectivity index (χ4v) is 2.97. The normalized spacial score (nSPS) is 20.8. The number of rotatable bonds is 2. The van der Waals surface area contributed by atoms with Crippen molar-refractivity contribution in [3.8, 4) is 11.8 Å². The number of hydrogen-bond acceptors (Lipinski definition) is 3. The van der Waals surface area contributed by atoms with E-state index in [2.05, 4.69) is 29.7 Å². The minimum absolute atomic E-state index is 0.0587. The summed E-state index contributed by atoms with van der Waals surface area (Å²) in [6.45, 7) is 5.74. The molecule has 1 saturated heterocycles. The highest BCUT2D eigenvalue weighted by Gasteiger charge is 2.18. The second kappa shape index (κ2) is 5.49. The first kappa shape index (κ1) is 11.7. The van der Waals surface area contributed by atoms with Gasteiger partial charge in [0.15, 0.2) is 0 Å². The molecule has 0 bridgehead atoms. The zero-order valence-corrected chi connectivity index (χ0v) is 10.4. The largest absolute Gasteiger partial charge is 0.384 e. The lowest BCUT2D eigenvalue weighted by Crippen LogP contribution is -2.18. The lowest BCUT2D eigenvalue weighted by Gasteiger charge is -2.13. The molecule has 2 heterocycles. The Morgan fingerprint density at radius 2 is 2.44 bits per heavy atom. The van der Waals surface area contributed by atoms with Gasteiger partial charge in [0.25, 0.3) is 0 Å². The van der Waals surface area contributed by atoms with Crippen LogP contribution in [0.15, 0.2) is 12.1 Å². The lowest BCUT2D eigenvalue weighted by atomic mass is 10.2. The van der Waals surface area contributed by atoms with Gasteiger partial charge >= 0.3 is 0 Å². The molecule has 1 aromatic rings. The van der Waals surface area contributed by atoms with E-state index >= 15 is 0 Å². The van der Waals surface area contributed by atoms with Crippen molar-refractivity contribution in [1.82, 2.24) is 4.90 Å². The number of likely N-dealkylation sites (tertiary alicyclic amines) is 1. The molecule has 1 aliphatic heterocycles. The van der Waals surface area contributed by atoms with Crippen LogP contribution in [0.2, 0.25) is 0 Å². The first-order valence-corrected chi connectivity index (χ1v) is 6.50. The van der Waals surface area contributed by atoms with E-state index in [1.807, 2.05) is 6.07 Å². The van der Waals surface area contributed by atoms with Crippen molar-refractivity contribution in [2.45, 2.75) is 19.9 Å². The summed E-state index contributed by atoms with van der Waals surface area (Å²) >= 11 is 1.73. The summed E-state index contributed by atoms with van der Waals surface area (Å²) in [5.74, 6) is 6.47. The molecule has 0 spiro atoms. The van der Waals surface area contributed by atoms with Crippen molar-refractivity contribution < 1.29 is 5.11 Å². The highest BCUT2D eigenvalue weighted by Crippen LogP contribution is 2.22. The maximum Gasteiger partial charge on any atom is 0.104 e. The van der Waals surface area contributed by atoms with Gasteiger partial charge in [-0.1, -0.05) is 18.8 Å². The van der Waals surface area contributed by atoms with Gasteiger partial charge < -0.3 is 5.11 Å². The van der Waals surface area contributed by atoms with Crippen LogP contribution < -0.4 is 0 Å². The van der Waals surface area contributed by atoms with Gasteiger partial charge in [0.2, 0.25) is 0 Å². The lowest BCUT2D eigenvalue weighted by molar-refractivity contribution is 0.323. The summed E-state index contributed by atoms with van der Waals surface area (Å²) in [6.07, 6.45) is 1.32. The van der Waals surface area contributed by atoms with Crippen LogP contribution in [0.4, 0.5) is 0 Å². The molecule has 2 rings (SSSR count). The number of aliphatic hydroxyl groups excluding tert-OH is 1. The van der Waals surface area contributed by atoms with Crippen molar-refractivity contribution in [3.05, 3.63) is 21.9 Å². The summed E-state index contributed by atoms with van der Waals surface area (Å²) < 4.78 is 0.